The molecule has 2 N–H and O–H groups in total. The van der Waals surface area contributed by atoms with Crippen molar-refractivity contribution in [3.05, 3.63) is 60.2 Å². The number of likely N-dealkylation sites (tertiary alicyclic amines) is 1. The molecule has 0 aliphatic carbocycles. The molecule has 1 aliphatic heterocycles. The van der Waals surface area contributed by atoms with Crippen LogP contribution in [0, 0.1) is 0 Å². The maximum absolute atomic E-state index is 12.5. The van der Waals surface area contributed by atoms with Crippen LogP contribution in [0.5, 0.6) is 0 Å². The van der Waals surface area contributed by atoms with Crippen LogP contribution in [-0.4, -0.2) is 35.2 Å². The molecule has 2 aromatic carbocycles. The number of amides is 3. The highest BCUT2D eigenvalue weighted by molar-refractivity contribution is 6.06. The van der Waals surface area contributed by atoms with Crippen LogP contribution in [0.15, 0.2) is 54.6 Å². The summed E-state index contributed by atoms with van der Waals surface area (Å²) in [6, 6.07) is 16.3. The zero-order valence-corrected chi connectivity index (χ0v) is 14.6. The standard InChI is InChI=1S/C20H21N3O3/c1-14(24)21-16-7-9-17(10-8-16)22-18-13-19(25)23(20(18)26)12-11-15-5-3-2-4-6-15/h2-10,18,22H,11-13H2,1H3,(H,21,24)/t18-/m0/s1. The first-order chi connectivity index (χ1) is 12.5. The van der Waals surface area contributed by atoms with Crippen molar-refractivity contribution in [2.45, 2.75) is 25.8 Å². The summed E-state index contributed by atoms with van der Waals surface area (Å²) in [5, 5.41) is 5.79. The molecule has 3 amide bonds. The molecule has 1 atom stereocenters. The summed E-state index contributed by atoms with van der Waals surface area (Å²) in [5.74, 6) is -0.494. The first-order valence-corrected chi connectivity index (χ1v) is 8.55. The fraction of sp³-hybridized carbons (Fsp3) is 0.250. The Morgan fingerprint density at radius 1 is 1.04 bits per heavy atom. The van der Waals surface area contributed by atoms with Crippen LogP contribution < -0.4 is 10.6 Å². The van der Waals surface area contributed by atoms with Crippen molar-refractivity contribution in [1.29, 1.82) is 0 Å². The molecule has 1 aliphatic rings. The number of nitrogens with zero attached hydrogens (tertiary/aromatic N) is 1. The Bertz CT molecular complexity index is 803. The number of rotatable bonds is 6. The molecule has 1 fully saturated rings. The number of nitrogens with one attached hydrogen (secondary N) is 2. The second-order valence-electron chi connectivity index (χ2n) is 6.28. The summed E-state index contributed by atoms with van der Waals surface area (Å²) in [4.78, 5) is 37.1. The third-order valence-electron chi connectivity index (χ3n) is 4.26. The van der Waals surface area contributed by atoms with Crippen LogP contribution in [0.25, 0.3) is 0 Å². The van der Waals surface area contributed by atoms with E-state index < -0.39 is 6.04 Å². The normalized spacial score (nSPS) is 16.7. The Morgan fingerprint density at radius 2 is 1.69 bits per heavy atom. The summed E-state index contributed by atoms with van der Waals surface area (Å²) in [5.41, 5.74) is 2.51. The molecule has 2 aromatic rings. The van der Waals surface area contributed by atoms with Gasteiger partial charge in [-0.05, 0) is 36.2 Å². The van der Waals surface area contributed by atoms with Crippen LogP contribution in [0.4, 0.5) is 11.4 Å². The molecular formula is C20H21N3O3. The van der Waals surface area contributed by atoms with Crippen molar-refractivity contribution >= 4 is 29.1 Å². The summed E-state index contributed by atoms with van der Waals surface area (Å²) in [7, 11) is 0. The number of carbonyl (C=O) groups excluding carboxylic acids is 3. The molecule has 26 heavy (non-hydrogen) atoms. The number of anilines is 2. The van der Waals surface area contributed by atoms with Gasteiger partial charge in [-0.25, -0.2) is 0 Å². The van der Waals surface area contributed by atoms with E-state index in [0.29, 0.717) is 18.7 Å². The van der Waals surface area contributed by atoms with Crippen molar-refractivity contribution in [3.63, 3.8) is 0 Å². The molecule has 0 spiro atoms. The van der Waals surface area contributed by atoms with E-state index >= 15 is 0 Å². The van der Waals surface area contributed by atoms with Gasteiger partial charge in [0.25, 0.3) is 5.91 Å². The Kier molecular flexibility index (Phi) is 5.31. The van der Waals surface area contributed by atoms with E-state index in [4.69, 9.17) is 0 Å². The summed E-state index contributed by atoms with van der Waals surface area (Å²) < 4.78 is 0. The van der Waals surface area contributed by atoms with Gasteiger partial charge in [0.1, 0.15) is 6.04 Å². The molecular weight excluding hydrogens is 330 g/mol. The smallest absolute Gasteiger partial charge is 0.252 e. The second kappa shape index (κ2) is 7.82. The van der Waals surface area contributed by atoms with Crippen molar-refractivity contribution in [2.24, 2.45) is 0 Å². The lowest BCUT2D eigenvalue weighted by atomic mass is 10.1. The van der Waals surface area contributed by atoms with Gasteiger partial charge >= 0.3 is 0 Å². The molecule has 0 unspecified atom stereocenters. The minimum Gasteiger partial charge on any atom is -0.373 e. The first kappa shape index (κ1) is 17.7. The maximum atomic E-state index is 12.5. The van der Waals surface area contributed by atoms with Gasteiger partial charge in [0.2, 0.25) is 11.8 Å². The van der Waals surface area contributed by atoms with Gasteiger partial charge < -0.3 is 10.6 Å². The van der Waals surface area contributed by atoms with E-state index in [1.54, 1.807) is 24.3 Å². The van der Waals surface area contributed by atoms with Gasteiger partial charge in [-0.3, -0.25) is 19.3 Å². The summed E-state index contributed by atoms with van der Waals surface area (Å²) in [6.07, 6.45) is 0.803. The predicted molar refractivity (Wildman–Crippen MR) is 99.6 cm³/mol. The average molecular weight is 351 g/mol. The monoisotopic (exact) mass is 351 g/mol. The van der Waals surface area contributed by atoms with Gasteiger partial charge in [-0.1, -0.05) is 30.3 Å². The minimum atomic E-state index is -0.551. The van der Waals surface area contributed by atoms with E-state index in [9.17, 15) is 14.4 Å². The van der Waals surface area contributed by atoms with Gasteiger partial charge in [0.05, 0.1) is 6.42 Å². The van der Waals surface area contributed by atoms with E-state index in [2.05, 4.69) is 10.6 Å². The van der Waals surface area contributed by atoms with E-state index in [1.807, 2.05) is 30.3 Å². The van der Waals surface area contributed by atoms with Crippen molar-refractivity contribution in [2.75, 3.05) is 17.2 Å². The molecule has 0 radical (unpaired) electrons. The Hall–Kier alpha value is -3.15. The van der Waals surface area contributed by atoms with Gasteiger partial charge in [-0.2, -0.15) is 0 Å². The second-order valence-corrected chi connectivity index (χ2v) is 6.28. The number of hydrogen-bond donors (Lipinski definition) is 2. The van der Waals surface area contributed by atoms with E-state index in [1.165, 1.54) is 11.8 Å². The fourth-order valence-electron chi connectivity index (χ4n) is 2.97. The lowest BCUT2D eigenvalue weighted by molar-refractivity contribution is -0.138. The molecule has 1 heterocycles. The molecule has 6 heteroatoms. The Morgan fingerprint density at radius 3 is 2.35 bits per heavy atom. The van der Waals surface area contributed by atoms with E-state index in [-0.39, 0.29) is 24.1 Å². The van der Waals surface area contributed by atoms with Crippen LogP contribution in [-0.2, 0) is 20.8 Å². The van der Waals surface area contributed by atoms with Crippen LogP contribution in [0.3, 0.4) is 0 Å². The molecule has 134 valence electrons. The third-order valence-corrected chi connectivity index (χ3v) is 4.26. The molecule has 1 saturated heterocycles. The predicted octanol–water partition coefficient (Wildman–Crippen LogP) is 2.43. The molecule has 3 rings (SSSR count). The highest BCUT2D eigenvalue weighted by Gasteiger charge is 2.38. The zero-order chi connectivity index (χ0) is 18.5. The quantitative estimate of drug-likeness (QED) is 0.784. The van der Waals surface area contributed by atoms with Gasteiger partial charge in [-0.15, -0.1) is 0 Å². The van der Waals surface area contributed by atoms with Crippen LogP contribution >= 0.6 is 0 Å². The minimum absolute atomic E-state index is 0.142. The van der Waals surface area contributed by atoms with Gasteiger partial charge in [0.15, 0.2) is 0 Å². The van der Waals surface area contributed by atoms with E-state index in [0.717, 1.165) is 11.3 Å². The summed E-state index contributed by atoms with van der Waals surface area (Å²) in [6.45, 7) is 1.83. The Balaban J connectivity index is 1.58. The lowest BCUT2D eigenvalue weighted by Gasteiger charge is -2.16. The number of carbonyl (C=O) groups is 3. The number of imide groups is 1. The van der Waals surface area contributed by atoms with Crippen LogP contribution in [0.1, 0.15) is 18.9 Å². The SMILES string of the molecule is CC(=O)Nc1ccc(N[C@H]2CC(=O)N(CCc3ccccc3)C2=O)cc1. The third kappa shape index (κ3) is 4.27. The topological polar surface area (TPSA) is 78.5 Å². The Labute approximate surface area is 152 Å². The number of benzene rings is 2. The molecule has 6 nitrogen and oxygen atoms in total. The van der Waals surface area contributed by atoms with Crippen molar-refractivity contribution in [1.82, 2.24) is 4.90 Å². The zero-order valence-electron chi connectivity index (χ0n) is 14.6. The average Bonchev–Trinajstić information content (AvgIpc) is 2.89. The molecule has 0 saturated carbocycles. The summed E-state index contributed by atoms with van der Waals surface area (Å²) >= 11 is 0. The number of hydrogen-bond acceptors (Lipinski definition) is 4. The highest BCUT2D eigenvalue weighted by atomic mass is 16.2. The maximum Gasteiger partial charge on any atom is 0.252 e. The first-order valence-electron chi connectivity index (χ1n) is 8.55. The largest absolute Gasteiger partial charge is 0.373 e. The van der Waals surface area contributed by atoms with Crippen molar-refractivity contribution in [3.8, 4) is 0 Å². The lowest BCUT2D eigenvalue weighted by Crippen LogP contribution is -2.36. The molecule has 0 bridgehead atoms. The fourth-order valence-corrected chi connectivity index (χ4v) is 2.97. The molecule has 0 aromatic heterocycles. The van der Waals surface area contributed by atoms with Crippen molar-refractivity contribution < 1.29 is 14.4 Å². The van der Waals surface area contributed by atoms with Gasteiger partial charge in [0, 0.05) is 24.8 Å². The van der Waals surface area contributed by atoms with Crippen LogP contribution in [0.2, 0.25) is 0 Å². The highest BCUT2D eigenvalue weighted by Crippen LogP contribution is 2.20.